The van der Waals surface area contributed by atoms with Gasteiger partial charge in [0, 0.05) is 5.02 Å². The number of hydrogen-bond acceptors (Lipinski definition) is 3. The van der Waals surface area contributed by atoms with Crippen molar-refractivity contribution >= 4 is 23.2 Å². The predicted molar refractivity (Wildman–Crippen MR) is 71.2 cm³/mol. The van der Waals surface area contributed by atoms with Gasteiger partial charge in [0.25, 0.3) is 5.56 Å². The zero-order chi connectivity index (χ0) is 13.3. The Bertz CT molecular complexity index is 621. The lowest BCUT2D eigenvalue weighted by atomic mass is 10.1. The van der Waals surface area contributed by atoms with Gasteiger partial charge in [0.15, 0.2) is 0 Å². The molecule has 1 atom stereocenters. The smallest absolute Gasteiger partial charge is 0.262 e. The van der Waals surface area contributed by atoms with Crippen molar-refractivity contribution in [1.82, 2.24) is 9.97 Å². The minimum atomic E-state index is -0.483. The summed E-state index contributed by atoms with van der Waals surface area (Å²) in [5, 5.41) is 9.89. The van der Waals surface area contributed by atoms with Crippen LogP contribution in [0, 0.1) is 0 Å². The number of nitrogens with one attached hydrogen (secondary N) is 1. The molecule has 1 unspecified atom stereocenters. The Morgan fingerprint density at radius 2 is 1.94 bits per heavy atom. The zero-order valence-corrected chi connectivity index (χ0v) is 11.0. The average Bonchev–Trinajstić information content (AvgIpc) is 2.30. The van der Waals surface area contributed by atoms with E-state index in [1.54, 1.807) is 31.2 Å². The van der Waals surface area contributed by atoms with Gasteiger partial charge in [-0.3, -0.25) is 4.79 Å². The highest BCUT2D eigenvalue weighted by Gasteiger charge is 2.14. The SMILES string of the molecule is CC(Cl)c1nc(O)c(-c2ccc(Cl)cc2)c(=O)[nH]1. The molecule has 0 aliphatic carbocycles. The topological polar surface area (TPSA) is 66.0 Å². The molecule has 0 aliphatic heterocycles. The fourth-order valence-electron chi connectivity index (χ4n) is 1.54. The summed E-state index contributed by atoms with van der Waals surface area (Å²) < 4.78 is 0. The van der Waals surface area contributed by atoms with E-state index in [9.17, 15) is 9.90 Å². The molecule has 0 saturated heterocycles. The molecule has 18 heavy (non-hydrogen) atoms. The Hall–Kier alpha value is -1.52. The minimum Gasteiger partial charge on any atom is -0.493 e. The second-order valence-electron chi connectivity index (χ2n) is 3.77. The molecule has 1 aromatic heterocycles. The van der Waals surface area contributed by atoms with Gasteiger partial charge in [-0.25, -0.2) is 0 Å². The van der Waals surface area contributed by atoms with Crippen molar-refractivity contribution in [2.45, 2.75) is 12.3 Å². The second-order valence-corrected chi connectivity index (χ2v) is 4.86. The van der Waals surface area contributed by atoms with Gasteiger partial charge in [-0.2, -0.15) is 4.98 Å². The largest absolute Gasteiger partial charge is 0.493 e. The molecule has 0 amide bonds. The maximum atomic E-state index is 11.9. The summed E-state index contributed by atoms with van der Waals surface area (Å²) in [6.45, 7) is 1.65. The van der Waals surface area contributed by atoms with E-state index >= 15 is 0 Å². The number of alkyl halides is 1. The van der Waals surface area contributed by atoms with Crippen molar-refractivity contribution in [3.05, 3.63) is 45.5 Å². The van der Waals surface area contributed by atoms with Gasteiger partial charge < -0.3 is 10.1 Å². The third kappa shape index (κ3) is 2.49. The first-order valence-corrected chi connectivity index (χ1v) is 6.03. The zero-order valence-electron chi connectivity index (χ0n) is 9.45. The summed E-state index contributed by atoms with van der Waals surface area (Å²) in [6, 6.07) is 6.54. The van der Waals surface area contributed by atoms with Gasteiger partial charge in [-0.1, -0.05) is 23.7 Å². The van der Waals surface area contributed by atoms with Gasteiger partial charge in [0.2, 0.25) is 5.88 Å². The van der Waals surface area contributed by atoms with Gasteiger partial charge >= 0.3 is 0 Å². The molecule has 1 aromatic carbocycles. The maximum absolute atomic E-state index is 11.9. The van der Waals surface area contributed by atoms with E-state index < -0.39 is 10.9 Å². The summed E-state index contributed by atoms with van der Waals surface area (Å²) in [6.07, 6.45) is 0. The van der Waals surface area contributed by atoms with Gasteiger partial charge in [-0.15, -0.1) is 11.6 Å². The van der Waals surface area contributed by atoms with E-state index in [2.05, 4.69) is 9.97 Å². The summed E-state index contributed by atoms with van der Waals surface area (Å²) in [7, 11) is 0. The number of aromatic amines is 1. The van der Waals surface area contributed by atoms with Crippen LogP contribution in [0.3, 0.4) is 0 Å². The van der Waals surface area contributed by atoms with Crippen LogP contribution in [-0.2, 0) is 0 Å². The van der Waals surface area contributed by atoms with Crippen molar-refractivity contribution in [3.63, 3.8) is 0 Å². The molecule has 2 N–H and O–H groups in total. The Balaban J connectivity index is 2.59. The first kappa shape index (κ1) is 12.9. The number of rotatable bonds is 2. The standard InChI is InChI=1S/C12H10Cl2N2O2/c1-6(13)10-15-11(17)9(12(18)16-10)7-2-4-8(14)5-3-7/h2-6H,1H3,(H2,15,16,17,18). The average molecular weight is 285 g/mol. The third-order valence-corrected chi connectivity index (χ3v) is 2.89. The fourth-order valence-corrected chi connectivity index (χ4v) is 1.77. The highest BCUT2D eigenvalue weighted by Crippen LogP contribution is 2.26. The van der Waals surface area contributed by atoms with Crippen LogP contribution in [0.5, 0.6) is 5.88 Å². The van der Waals surface area contributed by atoms with Crippen LogP contribution in [0.25, 0.3) is 11.1 Å². The Morgan fingerprint density at radius 3 is 2.44 bits per heavy atom. The number of aromatic hydroxyl groups is 1. The molecule has 2 aromatic rings. The highest BCUT2D eigenvalue weighted by atomic mass is 35.5. The molecular weight excluding hydrogens is 275 g/mol. The minimum absolute atomic E-state index is 0.104. The molecule has 1 heterocycles. The van der Waals surface area contributed by atoms with Crippen LogP contribution in [0.15, 0.2) is 29.1 Å². The van der Waals surface area contributed by atoms with Crippen LogP contribution < -0.4 is 5.56 Å². The van der Waals surface area contributed by atoms with Crippen LogP contribution in [0.4, 0.5) is 0 Å². The fraction of sp³-hybridized carbons (Fsp3) is 0.167. The monoisotopic (exact) mass is 284 g/mol. The number of hydrogen-bond donors (Lipinski definition) is 2. The molecule has 6 heteroatoms. The molecule has 0 aliphatic rings. The molecular formula is C12H10Cl2N2O2. The summed E-state index contributed by atoms with van der Waals surface area (Å²) >= 11 is 11.6. The molecule has 4 nitrogen and oxygen atoms in total. The lowest BCUT2D eigenvalue weighted by molar-refractivity contribution is 0.450. The number of aromatic nitrogens is 2. The quantitative estimate of drug-likeness (QED) is 0.833. The van der Waals surface area contributed by atoms with E-state index in [1.165, 1.54) is 0 Å². The summed E-state index contributed by atoms with van der Waals surface area (Å²) in [4.78, 5) is 18.3. The molecule has 0 saturated carbocycles. The van der Waals surface area contributed by atoms with Crippen LogP contribution in [-0.4, -0.2) is 15.1 Å². The van der Waals surface area contributed by atoms with E-state index in [-0.39, 0.29) is 17.3 Å². The predicted octanol–water partition coefficient (Wildman–Crippen LogP) is 3.10. The lowest BCUT2D eigenvalue weighted by Gasteiger charge is -2.07. The Labute approximate surface area is 113 Å². The van der Waals surface area contributed by atoms with Crippen LogP contribution in [0.2, 0.25) is 5.02 Å². The first-order valence-electron chi connectivity index (χ1n) is 5.22. The van der Waals surface area contributed by atoms with Crippen molar-refractivity contribution < 1.29 is 5.11 Å². The Kier molecular flexibility index (Phi) is 3.59. The molecule has 94 valence electrons. The van der Waals surface area contributed by atoms with Gasteiger partial charge in [0.1, 0.15) is 11.4 Å². The first-order chi connectivity index (χ1) is 8.49. The summed E-state index contributed by atoms with van der Waals surface area (Å²) in [5.74, 6) is -0.111. The van der Waals surface area contributed by atoms with Crippen LogP contribution >= 0.6 is 23.2 Å². The lowest BCUT2D eigenvalue weighted by Crippen LogP contribution is -2.14. The van der Waals surface area contributed by atoms with Crippen molar-refractivity contribution in [3.8, 4) is 17.0 Å². The number of halogens is 2. The number of H-pyrrole nitrogens is 1. The second kappa shape index (κ2) is 5.00. The normalized spacial score (nSPS) is 12.4. The molecule has 2 rings (SSSR count). The highest BCUT2D eigenvalue weighted by molar-refractivity contribution is 6.30. The number of nitrogens with zero attached hydrogens (tertiary/aromatic N) is 1. The summed E-state index contributed by atoms with van der Waals surface area (Å²) in [5.41, 5.74) is 0.208. The Morgan fingerprint density at radius 1 is 1.33 bits per heavy atom. The molecule has 0 fully saturated rings. The number of benzene rings is 1. The van der Waals surface area contributed by atoms with E-state index in [0.717, 1.165) is 0 Å². The van der Waals surface area contributed by atoms with Crippen molar-refractivity contribution in [2.24, 2.45) is 0 Å². The van der Waals surface area contributed by atoms with E-state index in [4.69, 9.17) is 23.2 Å². The molecule has 0 spiro atoms. The van der Waals surface area contributed by atoms with Crippen molar-refractivity contribution in [1.29, 1.82) is 0 Å². The molecule has 0 bridgehead atoms. The molecule has 0 radical (unpaired) electrons. The van der Waals surface area contributed by atoms with E-state index in [0.29, 0.717) is 10.6 Å². The maximum Gasteiger partial charge on any atom is 0.262 e. The van der Waals surface area contributed by atoms with Crippen molar-refractivity contribution in [2.75, 3.05) is 0 Å². The van der Waals surface area contributed by atoms with Gasteiger partial charge in [0.05, 0.1) is 5.38 Å². The third-order valence-electron chi connectivity index (χ3n) is 2.43. The van der Waals surface area contributed by atoms with Gasteiger partial charge in [-0.05, 0) is 24.6 Å². The van der Waals surface area contributed by atoms with E-state index in [1.807, 2.05) is 0 Å². The van der Waals surface area contributed by atoms with Crippen LogP contribution in [0.1, 0.15) is 18.1 Å².